The lowest BCUT2D eigenvalue weighted by Crippen LogP contribution is -2.32. The molecule has 4 nitrogen and oxygen atoms in total. The lowest BCUT2D eigenvalue weighted by Gasteiger charge is -2.21. The van der Waals surface area contributed by atoms with E-state index in [9.17, 15) is 5.11 Å². The van der Waals surface area contributed by atoms with Gasteiger partial charge in [0.05, 0.1) is 18.8 Å². The number of aliphatic hydroxyl groups excluding tert-OH is 4. The van der Waals surface area contributed by atoms with Crippen molar-refractivity contribution >= 4 is 0 Å². The van der Waals surface area contributed by atoms with Gasteiger partial charge in [-0.15, -0.1) is 0 Å². The minimum absolute atomic E-state index is 0.107. The molecule has 4 heteroatoms. The largest absolute Gasteiger partial charge is 0.396 e. The van der Waals surface area contributed by atoms with Crippen LogP contribution >= 0.6 is 0 Å². The van der Waals surface area contributed by atoms with E-state index in [1.54, 1.807) is 6.92 Å². The zero-order valence-corrected chi connectivity index (χ0v) is 6.64. The van der Waals surface area contributed by atoms with Crippen molar-refractivity contribution in [1.82, 2.24) is 0 Å². The van der Waals surface area contributed by atoms with Crippen LogP contribution in [0.1, 0.15) is 13.3 Å². The Morgan fingerprint density at radius 1 is 1.09 bits per heavy atom. The highest BCUT2D eigenvalue weighted by molar-refractivity contribution is 4.70. The summed E-state index contributed by atoms with van der Waals surface area (Å²) in [5.74, 6) is -0.396. The van der Waals surface area contributed by atoms with Gasteiger partial charge >= 0.3 is 0 Å². The fraction of sp³-hybridized carbons (Fsp3) is 1.00. The molecular formula is C7H16O4. The molecule has 0 bridgehead atoms. The molecule has 0 aliphatic rings. The van der Waals surface area contributed by atoms with Crippen molar-refractivity contribution in [3.8, 4) is 0 Å². The topological polar surface area (TPSA) is 80.9 Å². The van der Waals surface area contributed by atoms with Crippen molar-refractivity contribution in [3.63, 3.8) is 0 Å². The van der Waals surface area contributed by atoms with Crippen molar-refractivity contribution in [1.29, 1.82) is 0 Å². The Morgan fingerprint density at radius 3 is 2.00 bits per heavy atom. The minimum atomic E-state index is -0.906. The van der Waals surface area contributed by atoms with Gasteiger partial charge in [0.1, 0.15) is 0 Å². The first-order valence-corrected chi connectivity index (χ1v) is 3.71. The molecule has 0 amide bonds. The Labute approximate surface area is 66.1 Å². The molecule has 0 rings (SSSR count). The summed E-state index contributed by atoms with van der Waals surface area (Å²) < 4.78 is 0. The Morgan fingerprint density at radius 2 is 1.64 bits per heavy atom. The first kappa shape index (κ1) is 10.8. The van der Waals surface area contributed by atoms with Gasteiger partial charge in [0.25, 0.3) is 0 Å². The van der Waals surface area contributed by atoms with E-state index in [-0.39, 0.29) is 19.6 Å². The van der Waals surface area contributed by atoms with Gasteiger partial charge in [0, 0.05) is 12.5 Å². The quantitative estimate of drug-likeness (QED) is 0.408. The molecule has 0 radical (unpaired) electrons. The Bertz CT molecular complexity index is 96.4. The van der Waals surface area contributed by atoms with Gasteiger partial charge in [-0.25, -0.2) is 0 Å². The molecule has 0 aromatic heterocycles. The van der Waals surface area contributed by atoms with E-state index in [4.69, 9.17) is 15.3 Å². The predicted octanol–water partition coefficient (Wildman–Crippen LogP) is -1.28. The lowest BCUT2D eigenvalue weighted by atomic mass is 9.96. The molecule has 0 aliphatic carbocycles. The summed E-state index contributed by atoms with van der Waals surface area (Å²) in [6, 6.07) is 0. The van der Waals surface area contributed by atoms with Crippen molar-refractivity contribution in [2.24, 2.45) is 5.92 Å². The molecule has 0 heterocycles. The van der Waals surface area contributed by atoms with Crippen LogP contribution in [0.5, 0.6) is 0 Å². The Balaban J connectivity index is 3.70. The van der Waals surface area contributed by atoms with Gasteiger partial charge in [-0.1, -0.05) is 6.92 Å². The first-order chi connectivity index (χ1) is 5.13. The van der Waals surface area contributed by atoms with Gasteiger partial charge < -0.3 is 20.4 Å². The van der Waals surface area contributed by atoms with E-state index >= 15 is 0 Å². The summed E-state index contributed by atoms with van der Waals surface area (Å²) in [5, 5.41) is 35.2. The van der Waals surface area contributed by atoms with Crippen molar-refractivity contribution in [3.05, 3.63) is 0 Å². The molecule has 68 valence electrons. The molecule has 0 saturated carbocycles. The molecule has 3 unspecified atom stereocenters. The van der Waals surface area contributed by atoms with Crippen LogP contribution in [-0.4, -0.2) is 45.8 Å². The molecule has 0 aromatic rings. The van der Waals surface area contributed by atoms with E-state index in [0.717, 1.165) is 0 Å². The smallest absolute Gasteiger partial charge is 0.0821 e. The molecule has 0 aliphatic heterocycles. The third-order valence-corrected chi connectivity index (χ3v) is 1.83. The van der Waals surface area contributed by atoms with E-state index in [1.807, 2.05) is 0 Å². The standard InChI is InChI=1S/C7H16O4/c1-5(7(11)4-9)6(10)2-3-8/h5-11H,2-4H2,1H3. The molecular weight excluding hydrogens is 148 g/mol. The Kier molecular flexibility index (Phi) is 5.41. The number of aliphatic hydroxyl groups is 4. The van der Waals surface area contributed by atoms with Crippen molar-refractivity contribution in [2.75, 3.05) is 13.2 Å². The number of rotatable bonds is 5. The van der Waals surface area contributed by atoms with Crippen LogP contribution in [0.3, 0.4) is 0 Å². The summed E-state index contributed by atoms with van der Waals surface area (Å²) in [7, 11) is 0. The van der Waals surface area contributed by atoms with Crippen LogP contribution in [0.2, 0.25) is 0 Å². The second-order valence-corrected chi connectivity index (χ2v) is 2.69. The maximum atomic E-state index is 9.19. The minimum Gasteiger partial charge on any atom is -0.396 e. The monoisotopic (exact) mass is 164 g/mol. The first-order valence-electron chi connectivity index (χ1n) is 3.71. The fourth-order valence-corrected chi connectivity index (χ4v) is 0.818. The van der Waals surface area contributed by atoms with E-state index in [0.29, 0.717) is 0 Å². The van der Waals surface area contributed by atoms with Gasteiger partial charge in [0.2, 0.25) is 0 Å². The second-order valence-electron chi connectivity index (χ2n) is 2.69. The van der Waals surface area contributed by atoms with Gasteiger partial charge in [0.15, 0.2) is 0 Å². The van der Waals surface area contributed by atoms with Crippen molar-refractivity contribution in [2.45, 2.75) is 25.6 Å². The van der Waals surface area contributed by atoms with Crippen LogP contribution in [0.4, 0.5) is 0 Å². The van der Waals surface area contributed by atoms with Crippen LogP contribution in [0.15, 0.2) is 0 Å². The Hall–Kier alpha value is -0.160. The molecule has 3 atom stereocenters. The molecule has 0 fully saturated rings. The molecule has 11 heavy (non-hydrogen) atoms. The molecule has 0 aromatic carbocycles. The lowest BCUT2D eigenvalue weighted by molar-refractivity contribution is -0.0158. The van der Waals surface area contributed by atoms with E-state index < -0.39 is 18.1 Å². The van der Waals surface area contributed by atoms with Gasteiger partial charge in [-0.3, -0.25) is 0 Å². The maximum Gasteiger partial charge on any atom is 0.0821 e. The molecule has 0 saturated heterocycles. The SMILES string of the molecule is CC(C(O)CO)C(O)CCO. The number of hydrogen-bond donors (Lipinski definition) is 4. The summed E-state index contributed by atoms with van der Waals surface area (Å²) in [5.41, 5.74) is 0. The predicted molar refractivity (Wildman–Crippen MR) is 40.0 cm³/mol. The summed E-state index contributed by atoms with van der Waals surface area (Å²) >= 11 is 0. The van der Waals surface area contributed by atoms with Crippen LogP contribution in [0.25, 0.3) is 0 Å². The van der Waals surface area contributed by atoms with E-state index in [1.165, 1.54) is 0 Å². The third kappa shape index (κ3) is 3.67. The molecule has 4 N–H and O–H groups in total. The number of hydrogen-bond acceptors (Lipinski definition) is 4. The highest BCUT2D eigenvalue weighted by atomic mass is 16.3. The highest BCUT2D eigenvalue weighted by Crippen LogP contribution is 2.10. The average Bonchev–Trinajstić information content (AvgIpc) is 2.02. The van der Waals surface area contributed by atoms with E-state index in [2.05, 4.69) is 0 Å². The fourth-order valence-electron chi connectivity index (χ4n) is 0.818. The summed E-state index contributed by atoms with van der Waals surface area (Å²) in [6.07, 6.45) is -1.42. The zero-order valence-electron chi connectivity index (χ0n) is 6.64. The normalized spacial score (nSPS) is 19.4. The van der Waals surface area contributed by atoms with Crippen LogP contribution < -0.4 is 0 Å². The van der Waals surface area contributed by atoms with Gasteiger partial charge in [-0.05, 0) is 6.42 Å². The molecule has 0 spiro atoms. The summed E-state index contributed by atoms with van der Waals surface area (Å²) in [4.78, 5) is 0. The van der Waals surface area contributed by atoms with Gasteiger partial charge in [-0.2, -0.15) is 0 Å². The third-order valence-electron chi connectivity index (χ3n) is 1.83. The highest BCUT2D eigenvalue weighted by Gasteiger charge is 2.20. The summed E-state index contributed by atoms with van der Waals surface area (Å²) in [6.45, 7) is 1.16. The second kappa shape index (κ2) is 5.49. The zero-order chi connectivity index (χ0) is 8.85. The van der Waals surface area contributed by atoms with Crippen LogP contribution in [-0.2, 0) is 0 Å². The van der Waals surface area contributed by atoms with Crippen LogP contribution in [0, 0.1) is 5.92 Å². The maximum absolute atomic E-state index is 9.19. The van der Waals surface area contributed by atoms with Crippen molar-refractivity contribution < 1.29 is 20.4 Å². The average molecular weight is 164 g/mol.